The lowest BCUT2D eigenvalue weighted by Crippen LogP contribution is -2.32. The van der Waals surface area contributed by atoms with Crippen molar-refractivity contribution in [1.82, 2.24) is 9.97 Å². The minimum absolute atomic E-state index is 0.0654. The fraction of sp³-hybridized carbons (Fsp3) is 0.200. The zero-order chi connectivity index (χ0) is 23.9. The number of carbonyl (C=O) groups excluding carboxylic acids is 1. The summed E-state index contributed by atoms with van der Waals surface area (Å²) in [6, 6.07) is 13.2. The van der Waals surface area contributed by atoms with Crippen LogP contribution in [0.3, 0.4) is 0 Å². The summed E-state index contributed by atoms with van der Waals surface area (Å²) in [4.78, 5) is 19.3. The van der Waals surface area contributed by atoms with Crippen molar-refractivity contribution in [3.05, 3.63) is 89.6 Å². The minimum Gasteiger partial charge on any atom is -0.490 e. The van der Waals surface area contributed by atoms with Gasteiger partial charge in [-0.05, 0) is 66.8 Å². The topological polar surface area (TPSA) is 67.0 Å². The van der Waals surface area contributed by atoms with Crippen LogP contribution in [-0.4, -0.2) is 22.0 Å². The van der Waals surface area contributed by atoms with E-state index in [0.29, 0.717) is 29.7 Å². The number of nitrogens with one attached hydrogen (secondary N) is 2. The van der Waals surface area contributed by atoms with E-state index in [4.69, 9.17) is 4.74 Å². The van der Waals surface area contributed by atoms with Gasteiger partial charge in [0.1, 0.15) is 5.75 Å². The highest BCUT2D eigenvalue weighted by molar-refractivity contribution is 6.08. The number of hydrogen-bond acceptors (Lipinski definition) is 3. The van der Waals surface area contributed by atoms with E-state index in [-0.39, 0.29) is 17.7 Å². The minimum atomic E-state index is -4.34. The van der Waals surface area contributed by atoms with Gasteiger partial charge in [-0.2, -0.15) is 13.2 Å². The number of rotatable bonds is 5. The first-order chi connectivity index (χ1) is 16.3. The Hall–Kier alpha value is -3.88. The number of anilines is 1. The van der Waals surface area contributed by atoms with Gasteiger partial charge in [0.2, 0.25) is 0 Å². The van der Waals surface area contributed by atoms with Gasteiger partial charge in [0, 0.05) is 23.3 Å². The maximum atomic E-state index is 13.9. The molecule has 1 amide bonds. The summed E-state index contributed by atoms with van der Waals surface area (Å²) < 4.78 is 58.1. The van der Waals surface area contributed by atoms with Crippen molar-refractivity contribution in [1.29, 1.82) is 0 Å². The second-order valence-electron chi connectivity index (χ2n) is 8.23. The molecule has 0 bridgehead atoms. The molecule has 0 aliphatic heterocycles. The molecule has 0 radical (unpaired) electrons. The normalized spacial score (nSPS) is 17.9. The molecule has 0 atom stereocenters. The molecule has 9 heteroatoms. The van der Waals surface area contributed by atoms with Crippen molar-refractivity contribution >= 4 is 22.5 Å². The monoisotopic (exact) mass is 469 g/mol. The highest BCUT2D eigenvalue weighted by Gasteiger charge is 2.34. The number of carbonyl (C=O) groups is 1. The number of alkyl halides is 3. The predicted octanol–water partition coefficient (Wildman–Crippen LogP) is 6.30. The largest absolute Gasteiger partial charge is 0.490 e. The lowest BCUT2D eigenvalue weighted by atomic mass is 9.77. The zero-order valence-corrected chi connectivity index (χ0v) is 17.7. The van der Waals surface area contributed by atoms with Gasteiger partial charge in [0.15, 0.2) is 11.5 Å². The molecular formula is C25H19F4N3O2. The molecule has 0 unspecified atom stereocenters. The first-order valence-corrected chi connectivity index (χ1v) is 10.6. The van der Waals surface area contributed by atoms with Crippen molar-refractivity contribution in [2.45, 2.75) is 31.0 Å². The number of aromatic nitrogens is 2. The lowest BCUT2D eigenvalue weighted by Gasteiger charge is -2.35. The Morgan fingerprint density at radius 3 is 2.56 bits per heavy atom. The Labute approximate surface area is 191 Å². The van der Waals surface area contributed by atoms with Crippen molar-refractivity contribution in [3.8, 4) is 5.75 Å². The molecule has 5 rings (SSSR count). The van der Waals surface area contributed by atoms with Crippen LogP contribution < -0.4 is 10.1 Å². The number of amides is 1. The number of H-pyrrole nitrogens is 1. The van der Waals surface area contributed by atoms with Crippen molar-refractivity contribution < 1.29 is 27.1 Å². The molecule has 5 nitrogen and oxygen atoms in total. The first-order valence-electron chi connectivity index (χ1n) is 10.6. The molecule has 2 N–H and O–H groups in total. The molecule has 1 aliphatic carbocycles. The number of aromatic amines is 1. The van der Waals surface area contributed by atoms with Gasteiger partial charge in [0.25, 0.3) is 5.91 Å². The molecular weight excluding hydrogens is 450 g/mol. The predicted molar refractivity (Wildman–Crippen MR) is 118 cm³/mol. The first kappa shape index (κ1) is 21.9. The van der Waals surface area contributed by atoms with E-state index in [0.717, 1.165) is 23.2 Å². The third kappa shape index (κ3) is 4.33. The number of hydrogen-bond donors (Lipinski definition) is 2. The molecule has 1 fully saturated rings. The van der Waals surface area contributed by atoms with Crippen LogP contribution in [0.2, 0.25) is 0 Å². The van der Waals surface area contributed by atoms with Crippen LogP contribution in [0.1, 0.15) is 40.4 Å². The summed E-state index contributed by atoms with van der Waals surface area (Å²) in [5, 5.41) is 3.36. The van der Waals surface area contributed by atoms with Crippen LogP contribution in [0.5, 0.6) is 5.75 Å². The second-order valence-corrected chi connectivity index (χ2v) is 8.23. The van der Waals surface area contributed by atoms with Gasteiger partial charge in [-0.15, -0.1) is 0 Å². The Kier molecular flexibility index (Phi) is 5.47. The van der Waals surface area contributed by atoms with E-state index >= 15 is 0 Å². The highest BCUT2D eigenvalue weighted by atomic mass is 19.4. The van der Waals surface area contributed by atoms with Gasteiger partial charge < -0.3 is 15.0 Å². The van der Waals surface area contributed by atoms with Gasteiger partial charge >= 0.3 is 6.18 Å². The number of pyridine rings is 1. The van der Waals surface area contributed by atoms with Gasteiger partial charge in [0.05, 0.1) is 17.4 Å². The van der Waals surface area contributed by atoms with Crippen molar-refractivity contribution in [2.75, 3.05) is 5.32 Å². The number of ether oxygens (including phenoxy) is 1. The van der Waals surface area contributed by atoms with Crippen molar-refractivity contribution in [2.24, 2.45) is 0 Å². The summed E-state index contributed by atoms with van der Waals surface area (Å²) in [5.41, 5.74) is 1.14. The SMILES string of the molecule is O=C(Nc1c[nH]c2ccc(OC3CC(c4ccc(C(F)(F)F)cc4)C3)cc12)c1ncccc1F. The Morgan fingerprint density at radius 1 is 1.09 bits per heavy atom. The Morgan fingerprint density at radius 2 is 1.85 bits per heavy atom. The summed E-state index contributed by atoms with van der Waals surface area (Å²) in [6.07, 6.45) is -0.0696. The quantitative estimate of drug-likeness (QED) is 0.337. The summed E-state index contributed by atoms with van der Waals surface area (Å²) in [7, 11) is 0. The van der Waals surface area contributed by atoms with Crippen LogP contribution in [0.4, 0.5) is 23.2 Å². The maximum Gasteiger partial charge on any atom is 0.416 e. The molecule has 0 saturated heterocycles. The Bertz CT molecular complexity index is 1340. The molecule has 4 aromatic rings. The average Bonchev–Trinajstić information content (AvgIpc) is 3.17. The summed E-state index contributed by atoms with van der Waals surface area (Å²) in [5.74, 6) is -0.631. The van der Waals surface area contributed by atoms with Crippen LogP contribution in [0.15, 0.2) is 67.0 Å². The van der Waals surface area contributed by atoms with E-state index in [1.807, 2.05) is 6.07 Å². The van der Waals surface area contributed by atoms with Gasteiger partial charge in [-0.1, -0.05) is 12.1 Å². The number of nitrogens with zero attached hydrogens (tertiary/aromatic N) is 1. The third-order valence-corrected chi connectivity index (χ3v) is 5.98. The number of fused-ring (bicyclic) bond motifs is 1. The number of halogens is 4. The average molecular weight is 469 g/mol. The molecule has 2 aromatic heterocycles. The van der Waals surface area contributed by atoms with E-state index < -0.39 is 23.5 Å². The van der Waals surface area contributed by atoms with Crippen LogP contribution >= 0.6 is 0 Å². The number of benzene rings is 2. The zero-order valence-electron chi connectivity index (χ0n) is 17.7. The van der Waals surface area contributed by atoms with Crippen LogP contribution in [-0.2, 0) is 6.18 Å². The standard InChI is InChI=1S/C25H19F4N3O2/c26-20-2-1-9-30-23(20)24(33)32-22-13-31-21-8-7-17(12-19(21)22)34-18-10-15(11-18)14-3-5-16(6-4-14)25(27,28)29/h1-9,12-13,15,18,31H,10-11H2,(H,32,33). The van der Waals surface area contributed by atoms with Crippen LogP contribution in [0.25, 0.3) is 10.9 Å². The van der Waals surface area contributed by atoms with E-state index in [2.05, 4.69) is 15.3 Å². The molecule has 1 saturated carbocycles. The van der Waals surface area contributed by atoms with E-state index in [1.165, 1.54) is 30.5 Å². The fourth-order valence-corrected chi connectivity index (χ4v) is 4.08. The maximum absolute atomic E-state index is 13.9. The summed E-state index contributed by atoms with van der Waals surface area (Å²) >= 11 is 0. The molecule has 34 heavy (non-hydrogen) atoms. The molecule has 0 spiro atoms. The van der Waals surface area contributed by atoms with Gasteiger partial charge in [-0.25, -0.2) is 9.37 Å². The second kappa shape index (κ2) is 8.48. The van der Waals surface area contributed by atoms with Gasteiger partial charge in [-0.3, -0.25) is 4.79 Å². The summed E-state index contributed by atoms with van der Waals surface area (Å²) in [6.45, 7) is 0. The molecule has 1 aliphatic rings. The highest BCUT2D eigenvalue weighted by Crippen LogP contribution is 2.41. The lowest BCUT2D eigenvalue weighted by molar-refractivity contribution is -0.137. The molecule has 2 aromatic carbocycles. The smallest absolute Gasteiger partial charge is 0.416 e. The third-order valence-electron chi connectivity index (χ3n) is 5.98. The molecule has 2 heterocycles. The van der Waals surface area contributed by atoms with E-state index in [1.54, 1.807) is 18.3 Å². The van der Waals surface area contributed by atoms with Crippen LogP contribution in [0, 0.1) is 5.82 Å². The molecule has 174 valence electrons. The van der Waals surface area contributed by atoms with Crippen molar-refractivity contribution in [3.63, 3.8) is 0 Å². The van der Waals surface area contributed by atoms with E-state index in [9.17, 15) is 22.4 Å². The fourth-order valence-electron chi connectivity index (χ4n) is 4.08. The Balaban J connectivity index is 1.24.